The van der Waals surface area contributed by atoms with Crippen molar-refractivity contribution in [3.05, 3.63) is 53.6 Å². The van der Waals surface area contributed by atoms with Crippen molar-refractivity contribution in [3.63, 3.8) is 0 Å². The molecule has 2 aromatic rings. The van der Waals surface area contributed by atoms with Gasteiger partial charge in [0, 0.05) is 44.8 Å². The molecule has 0 unspecified atom stereocenters. The molecule has 168 valence electrons. The lowest BCUT2D eigenvalue weighted by Crippen LogP contribution is -2.45. The molecule has 1 aliphatic rings. The molecule has 0 bridgehead atoms. The summed E-state index contributed by atoms with van der Waals surface area (Å²) in [6, 6.07) is 13.7. The molecule has 9 nitrogen and oxygen atoms in total. The van der Waals surface area contributed by atoms with Gasteiger partial charge in [-0.3, -0.25) is 9.80 Å². The van der Waals surface area contributed by atoms with Gasteiger partial charge in [-0.05, 0) is 35.9 Å². The van der Waals surface area contributed by atoms with Gasteiger partial charge < -0.3 is 24.8 Å². The molecule has 1 heterocycles. The van der Waals surface area contributed by atoms with Crippen LogP contribution in [0.4, 0.5) is 0 Å². The van der Waals surface area contributed by atoms with Crippen molar-refractivity contribution in [2.75, 3.05) is 40.4 Å². The maximum absolute atomic E-state index is 10.0. The molecule has 0 aliphatic carbocycles. The van der Waals surface area contributed by atoms with Gasteiger partial charge in [-0.15, -0.1) is 0 Å². The Kier molecular flexibility index (Phi) is 9.11. The van der Waals surface area contributed by atoms with E-state index in [-0.39, 0.29) is 0 Å². The van der Waals surface area contributed by atoms with E-state index >= 15 is 0 Å². The van der Waals surface area contributed by atoms with Crippen LogP contribution in [0.15, 0.2) is 42.5 Å². The third-order valence-electron chi connectivity index (χ3n) is 4.89. The molecule has 3 rings (SSSR count). The topological polar surface area (TPSA) is 120 Å². The average Bonchev–Trinajstić information content (AvgIpc) is 2.77. The molecule has 0 amide bonds. The van der Waals surface area contributed by atoms with Crippen LogP contribution in [-0.4, -0.2) is 77.5 Å². The predicted molar refractivity (Wildman–Crippen MR) is 113 cm³/mol. The predicted octanol–water partition coefficient (Wildman–Crippen LogP) is 1.88. The highest BCUT2D eigenvalue weighted by atomic mass is 16.5. The Balaban J connectivity index is 0.000000501. The standard InChI is InChI=1S/C20H26N2O3.C2H2O4/c1-24-18-5-3-16(4-6-18)14-21-9-11-22(12-10-21)15-17-13-19(25-2)7-8-20(17)23;3-1(4)2(5)6/h3-8,13,23H,9-12,14-15H2,1-2H3;(H,3,4)(H,5,6). The number of phenolic OH excluding ortho intramolecular Hbond substituents is 1. The number of phenols is 1. The van der Waals surface area contributed by atoms with Crippen molar-refractivity contribution < 1.29 is 34.4 Å². The van der Waals surface area contributed by atoms with Crippen LogP contribution < -0.4 is 9.47 Å². The van der Waals surface area contributed by atoms with Crippen molar-refractivity contribution in [1.29, 1.82) is 0 Å². The lowest BCUT2D eigenvalue weighted by Gasteiger charge is -2.34. The number of piperazine rings is 1. The van der Waals surface area contributed by atoms with Crippen LogP contribution in [0.3, 0.4) is 0 Å². The van der Waals surface area contributed by atoms with E-state index in [2.05, 4.69) is 21.9 Å². The molecule has 0 atom stereocenters. The van der Waals surface area contributed by atoms with Gasteiger partial charge in [-0.1, -0.05) is 12.1 Å². The van der Waals surface area contributed by atoms with Gasteiger partial charge in [0.1, 0.15) is 17.2 Å². The monoisotopic (exact) mass is 432 g/mol. The van der Waals surface area contributed by atoms with Crippen molar-refractivity contribution in [2.45, 2.75) is 13.1 Å². The summed E-state index contributed by atoms with van der Waals surface area (Å²) < 4.78 is 10.5. The van der Waals surface area contributed by atoms with Crippen molar-refractivity contribution in [1.82, 2.24) is 9.80 Å². The summed E-state index contributed by atoms with van der Waals surface area (Å²) in [6.07, 6.45) is 0. The van der Waals surface area contributed by atoms with E-state index in [4.69, 9.17) is 29.3 Å². The Hall–Kier alpha value is -3.30. The van der Waals surface area contributed by atoms with Crippen LogP contribution in [0, 0.1) is 0 Å². The van der Waals surface area contributed by atoms with Crippen LogP contribution in [0.2, 0.25) is 0 Å². The molecule has 1 aliphatic heterocycles. The number of hydrogen-bond acceptors (Lipinski definition) is 7. The van der Waals surface area contributed by atoms with Gasteiger partial charge >= 0.3 is 11.9 Å². The summed E-state index contributed by atoms with van der Waals surface area (Å²) >= 11 is 0. The Morgan fingerprint density at radius 3 is 1.77 bits per heavy atom. The molecule has 0 aromatic heterocycles. The molecule has 0 spiro atoms. The second-order valence-electron chi connectivity index (χ2n) is 7.01. The highest BCUT2D eigenvalue weighted by Gasteiger charge is 2.18. The second-order valence-corrected chi connectivity index (χ2v) is 7.01. The zero-order valence-corrected chi connectivity index (χ0v) is 17.7. The number of rotatable bonds is 6. The number of ether oxygens (including phenoxy) is 2. The molecular weight excluding hydrogens is 404 g/mol. The summed E-state index contributed by atoms with van der Waals surface area (Å²) in [5.41, 5.74) is 2.22. The first-order chi connectivity index (χ1) is 14.8. The van der Waals surface area contributed by atoms with Crippen molar-refractivity contribution in [2.24, 2.45) is 0 Å². The number of aliphatic carboxylic acids is 2. The highest BCUT2D eigenvalue weighted by Crippen LogP contribution is 2.24. The van der Waals surface area contributed by atoms with Gasteiger partial charge in [-0.25, -0.2) is 9.59 Å². The summed E-state index contributed by atoms with van der Waals surface area (Å²) in [6.45, 7) is 5.74. The van der Waals surface area contributed by atoms with E-state index in [1.54, 1.807) is 26.4 Å². The number of carbonyl (C=O) groups is 2. The lowest BCUT2D eigenvalue weighted by molar-refractivity contribution is -0.159. The second kappa shape index (κ2) is 11.8. The molecule has 2 aromatic carbocycles. The van der Waals surface area contributed by atoms with E-state index < -0.39 is 11.9 Å². The Morgan fingerprint density at radius 2 is 1.29 bits per heavy atom. The quantitative estimate of drug-likeness (QED) is 0.588. The first-order valence-corrected chi connectivity index (χ1v) is 9.72. The fraction of sp³-hybridized carbons (Fsp3) is 0.364. The van der Waals surface area contributed by atoms with E-state index in [1.165, 1.54) is 5.56 Å². The Morgan fingerprint density at radius 1 is 0.806 bits per heavy atom. The molecule has 1 fully saturated rings. The number of carboxylic acids is 2. The number of methoxy groups -OCH3 is 2. The minimum absolute atomic E-state index is 0.335. The van der Waals surface area contributed by atoms with Crippen LogP contribution in [0.25, 0.3) is 0 Å². The zero-order valence-electron chi connectivity index (χ0n) is 17.7. The van der Waals surface area contributed by atoms with E-state index in [9.17, 15) is 5.11 Å². The summed E-state index contributed by atoms with van der Waals surface area (Å²) in [5, 5.41) is 24.8. The van der Waals surface area contributed by atoms with Crippen LogP contribution in [0.1, 0.15) is 11.1 Å². The number of nitrogens with zero attached hydrogens (tertiary/aromatic N) is 2. The largest absolute Gasteiger partial charge is 0.508 e. The number of benzene rings is 2. The van der Waals surface area contributed by atoms with Gasteiger partial charge in [0.05, 0.1) is 14.2 Å². The van der Waals surface area contributed by atoms with Gasteiger partial charge in [0.25, 0.3) is 0 Å². The summed E-state index contributed by atoms with van der Waals surface area (Å²) in [7, 11) is 3.34. The van der Waals surface area contributed by atoms with Crippen LogP contribution >= 0.6 is 0 Å². The third-order valence-corrected chi connectivity index (χ3v) is 4.89. The van der Waals surface area contributed by atoms with Gasteiger partial charge in [-0.2, -0.15) is 0 Å². The summed E-state index contributed by atoms with van der Waals surface area (Å²) in [5.74, 6) is -1.64. The van der Waals surface area contributed by atoms with Crippen molar-refractivity contribution >= 4 is 11.9 Å². The molecule has 1 saturated heterocycles. The molecule has 31 heavy (non-hydrogen) atoms. The maximum Gasteiger partial charge on any atom is 0.414 e. The van der Waals surface area contributed by atoms with Crippen molar-refractivity contribution in [3.8, 4) is 17.2 Å². The fourth-order valence-electron chi connectivity index (χ4n) is 3.15. The van der Waals surface area contributed by atoms with E-state index in [1.807, 2.05) is 18.2 Å². The molecule has 0 saturated carbocycles. The van der Waals surface area contributed by atoms with Crippen LogP contribution in [-0.2, 0) is 22.7 Å². The number of hydrogen-bond donors (Lipinski definition) is 3. The minimum atomic E-state index is -1.82. The van der Waals surface area contributed by atoms with E-state index in [0.717, 1.165) is 56.3 Å². The number of aromatic hydroxyl groups is 1. The zero-order chi connectivity index (χ0) is 22.8. The highest BCUT2D eigenvalue weighted by molar-refractivity contribution is 6.27. The van der Waals surface area contributed by atoms with E-state index in [0.29, 0.717) is 5.75 Å². The molecule has 9 heteroatoms. The lowest BCUT2D eigenvalue weighted by atomic mass is 10.1. The van der Waals surface area contributed by atoms with Gasteiger partial charge in [0.2, 0.25) is 0 Å². The Bertz CT molecular complexity index is 851. The van der Waals surface area contributed by atoms with Crippen LogP contribution in [0.5, 0.6) is 17.2 Å². The molecule has 0 radical (unpaired) electrons. The third kappa shape index (κ3) is 7.80. The molecular formula is C22H28N2O7. The minimum Gasteiger partial charge on any atom is -0.508 e. The maximum atomic E-state index is 10.0. The normalized spacial score (nSPS) is 14.3. The molecule has 3 N–H and O–H groups in total. The first kappa shape index (κ1) is 24.0. The summed E-state index contributed by atoms with van der Waals surface area (Å²) in [4.78, 5) is 23.0. The Labute approximate surface area is 181 Å². The number of carboxylic acid groups (broad SMARTS) is 2. The SMILES string of the molecule is COc1ccc(CN2CCN(Cc3cc(OC)ccc3O)CC2)cc1.O=C(O)C(=O)O. The average molecular weight is 432 g/mol. The van der Waals surface area contributed by atoms with Gasteiger partial charge in [0.15, 0.2) is 0 Å². The smallest absolute Gasteiger partial charge is 0.414 e. The first-order valence-electron chi connectivity index (χ1n) is 9.72. The fourth-order valence-corrected chi connectivity index (χ4v) is 3.15.